The number of hydrogen-bond donors (Lipinski definition) is 2. The largest absolute Gasteiger partial charge is 0.491 e. The first-order valence-corrected chi connectivity index (χ1v) is 9.42. The van der Waals surface area contributed by atoms with Crippen LogP contribution in [0.1, 0.15) is 35.0 Å². The summed E-state index contributed by atoms with van der Waals surface area (Å²) in [6, 6.07) is 8.27. The minimum atomic E-state index is 0.202. The van der Waals surface area contributed by atoms with Crippen molar-refractivity contribution in [3.8, 4) is 5.75 Å². The van der Waals surface area contributed by atoms with Crippen molar-refractivity contribution in [3.05, 3.63) is 45.4 Å². The molecule has 1 aromatic carbocycles. The van der Waals surface area contributed by atoms with Crippen molar-refractivity contribution in [3.63, 3.8) is 0 Å². The summed E-state index contributed by atoms with van der Waals surface area (Å²) in [7, 11) is 1.79. The summed E-state index contributed by atoms with van der Waals surface area (Å²) in [6.07, 6.45) is 1.13. The van der Waals surface area contributed by atoms with Gasteiger partial charge in [-0.2, -0.15) is 0 Å². The highest BCUT2D eigenvalue weighted by Gasteiger charge is 2.06. The van der Waals surface area contributed by atoms with E-state index in [-0.39, 0.29) is 6.10 Å². The molecule has 0 amide bonds. The van der Waals surface area contributed by atoms with Gasteiger partial charge in [0.2, 0.25) is 0 Å². The van der Waals surface area contributed by atoms with Crippen molar-refractivity contribution in [2.75, 3.05) is 13.6 Å². The predicted octanol–water partition coefficient (Wildman–Crippen LogP) is 3.45. The van der Waals surface area contributed by atoms with Crippen molar-refractivity contribution < 1.29 is 4.74 Å². The van der Waals surface area contributed by atoms with Crippen molar-refractivity contribution in [1.29, 1.82) is 0 Å². The minimum Gasteiger partial charge on any atom is -0.491 e. The van der Waals surface area contributed by atoms with Crippen molar-refractivity contribution >= 4 is 17.3 Å². The minimum absolute atomic E-state index is 0.202. The first-order chi connectivity index (χ1) is 12.0. The third-order valence-corrected chi connectivity index (χ3v) is 4.71. The van der Waals surface area contributed by atoms with Gasteiger partial charge in [0.05, 0.1) is 23.4 Å². The molecule has 6 heteroatoms. The van der Waals surface area contributed by atoms with Gasteiger partial charge in [-0.05, 0) is 51.8 Å². The second kappa shape index (κ2) is 9.42. The highest BCUT2D eigenvalue weighted by molar-refractivity contribution is 7.11. The summed E-state index contributed by atoms with van der Waals surface area (Å²) < 4.78 is 5.67. The van der Waals surface area contributed by atoms with Gasteiger partial charge in [-0.25, -0.2) is 4.98 Å². The maximum Gasteiger partial charge on any atom is 0.191 e. The lowest BCUT2D eigenvalue weighted by molar-refractivity contribution is 0.242. The van der Waals surface area contributed by atoms with Gasteiger partial charge < -0.3 is 15.4 Å². The van der Waals surface area contributed by atoms with Gasteiger partial charge >= 0.3 is 0 Å². The van der Waals surface area contributed by atoms with Crippen LogP contribution in [-0.2, 0) is 13.0 Å². The molecule has 0 unspecified atom stereocenters. The Kier molecular flexibility index (Phi) is 7.25. The van der Waals surface area contributed by atoms with Crippen LogP contribution in [0.4, 0.5) is 0 Å². The Labute approximate surface area is 154 Å². The van der Waals surface area contributed by atoms with E-state index >= 15 is 0 Å². The number of hydrogen-bond acceptors (Lipinski definition) is 4. The van der Waals surface area contributed by atoms with E-state index in [1.807, 2.05) is 39.8 Å². The second-order valence-electron chi connectivity index (χ2n) is 6.15. The number of nitrogens with zero attached hydrogens (tertiary/aromatic N) is 2. The van der Waals surface area contributed by atoms with E-state index in [0.29, 0.717) is 0 Å². The standard InChI is InChI=1S/C19H28N4OS/c1-13(2)24-17-8-6-16(7-9-17)10-11-21-19(20-5)22-12-18-14(3)23-15(4)25-18/h6-9,13H,10-12H2,1-5H3,(H2,20,21,22). The van der Waals surface area contributed by atoms with Crippen LogP contribution in [0.3, 0.4) is 0 Å². The lowest BCUT2D eigenvalue weighted by Gasteiger charge is -2.12. The Hall–Kier alpha value is -2.08. The van der Waals surface area contributed by atoms with Crippen LogP contribution in [0.5, 0.6) is 5.75 Å². The lowest BCUT2D eigenvalue weighted by Crippen LogP contribution is -2.37. The Morgan fingerprint density at radius 2 is 1.92 bits per heavy atom. The summed E-state index contributed by atoms with van der Waals surface area (Å²) >= 11 is 1.72. The van der Waals surface area contributed by atoms with Crippen molar-refractivity contribution in [2.45, 2.75) is 46.8 Å². The average molecular weight is 361 g/mol. The third-order valence-electron chi connectivity index (χ3n) is 3.64. The Morgan fingerprint density at radius 3 is 2.48 bits per heavy atom. The molecule has 136 valence electrons. The monoisotopic (exact) mass is 360 g/mol. The number of thiazole rings is 1. The van der Waals surface area contributed by atoms with Gasteiger partial charge in [0.1, 0.15) is 5.75 Å². The molecule has 2 aromatic rings. The predicted molar refractivity (Wildman–Crippen MR) is 106 cm³/mol. The van der Waals surface area contributed by atoms with E-state index in [1.165, 1.54) is 10.4 Å². The number of aromatic nitrogens is 1. The number of ether oxygens (including phenoxy) is 1. The van der Waals surface area contributed by atoms with Crippen LogP contribution < -0.4 is 15.4 Å². The molecule has 0 fully saturated rings. The number of nitrogens with one attached hydrogen (secondary N) is 2. The fraction of sp³-hybridized carbons (Fsp3) is 0.474. The number of benzene rings is 1. The topological polar surface area (TPSA) is 58.5 Å². The number of rotatable bonds is 7. The molecule has 0 aliphatic heterocycles. The van der Waals surface area contributed by atoms with Gasteiger partial charge in [0.15, 0.2) is 5.96 Å². The molecule has 1 heterocycles. The first-order valence-electron chi connectivity index (χ1n) is 8.61. The first kappa shape index (κ1) is 19.2. The number of guanidine groups is 1. The normalized spacial score (nSPS) is 11.7. The van der Waals surface area contributed by atoms with Crippen LogP contribution in [0, 0.1) is 13.8 Å². The van der Waals surface area contributed by atoms with Crippen molar-refractivity contribution in [1.82, 2.24) is 15.6 Å². The average Bonchev–Trinajstić information content (AvgIpc) is 2.89. The summed E-state index contributed by atoms with van der Waals surface area (Å²) in [5, 5.41) is 7.80. The van der Waals surface area contributed by atoms with Gasteiger partial charge in [0, 0.05) is 18.5 Å². The quantitative estimate of drug-likeness (QED) is 0.586. The molecule has 2 N–H and O–H groups in total. The SMILES string of the molecule is CN=C(NCCc1ccc(OC(C)C)cc1)NCc1sc(C)nc1C. The Morgan fingerprint density at radius 1 is 1.20 bits per heavy atom. The molecule has 25 heavy (non-hydrogen) atoms. The molecule has 0 saturated heterocycles. The van der Waals surface area contributed by atoms with Crippen LogP contribution in [-0.4, -0.2) is 30.6 Å². The van der Waals surface area contributed by atoms with Crippen LogP contribution >= 0.6 is 11.3 Å². The van der Waals surface area contributed by atoms with Crippen LogP contribution in [0.15, 0.2) is 29.3 Å². The van der Waals surface area contributed by atoms with Crippen molar-refractivity contribution in [2.24, 2.45) is 4.99 Å². The smallest absolute Gasteiger partial charge is 0.191 e. The summed E-state index contributed by atoms with van der Waals surface area (Å²) in [5.41, 5.74) is 2.36. The molecule has 0 saturated carbocycles. The molecule has 1 aromatic heterocycles. The van der Waals surface area contributed by atoms with Gasteiger partial charge in [-0.3, -0.25) is 4.99 Å². The van der Waals surface area contributed by atoms with Crippen LogP contribution in [0.2, 0.25) is 0 Å². The zero-order chi connectivity index (χ0) is 18.2. The summed E-state index contributed by atoms with van der Waals surface area (Å²) in [4.78, 5) is 9.98. The zero-order valence-electron chi connectivity index (χ0n) is 15.7. The van der Waals surface area contributed by atoms with E-state index in [0.717, 1.165) is 41.9 Å². The van der Waals surface area contributed by atoms with E-state index in [9.17, 15) is 0 Å². The molecule has 0 atom stereocenters. The summed E-state index contributed by atoms with van der Waals surface area (Å²) in [6.45, 7) is 9.72. The molecule has 2 rings (SSSR count). The van der Waals surface area contributed by atoms with E-state index < -0.39 is 0 Å². The number of aliphatic imine (C=N–C) groups is 1. The molecule has 5 nitrogen and oxygen atoms in total. The molecule has 0 radical (unpaired) electrons. The fourth-order valence-electron chi connectivity index (χ4n) is 2.45. The Balaban J connectivity index is 1.76. The second-order valence-corrected chi connectivity index (χ2v) is 7.44. The third kappa shape index (κ3) is 6.38. The molecule has 0 aliphatic carbocycles. The van der Waals surface area contributed by atoms with E-state index in [1.54, 1.807) is 18.4 Å². The van der Waals surface area contributed by atoms with Gasteiger partial charge in [-0.15, -0.1) is 11.3 Å². The highest BCUT2D eigenvalue weighted by atomic mass is 32.1. The molecule has 0 aliphatic rings. The van der Waals surface area contributed by atoms with Crippen LogP contribution in [0.25, 0.3) is 0 Å². The molecular weight excluding hydrogens is 332 g/mol. The lowest BCUT2D eigenvalue weighted by atomic mass is 10.1. The maximum atomic E-state index is 5.67. The fourth-order valence-corrected chi connectivity index (χ4v) is 3.33. The molecular formula is C19H28N4OS. The van der Waals surface area contributed by atoms with E-state index in [2.05, 4.69) is 32.7 Å². The zero-order valence-corrected chi connectivity index (χ0v) is 16.5. The highest BCUT2D eigenvalue weighted by Crippen LogP contribution is 2.16. The summed E-state index contributed by atoms with van der Waals surface area (Å²) in [5.74, 6) is 1.73. The number of aryl methyl sites for hydroxylation is 2. The van der Waals surface area contributed by atoms with E-state index in [4.69, 9.17) is 4.74 Å². The van der Waals surface area contributed by atoms with Gasteiger partial charge in [-0.1, -0.05) is 12.1 Å². The maximum absolute atomic E-state index is 5.67. The molecule has 0 bridgehead atoms. The molecule has 0 spiro atoms. The van der Waals surface area contributed by atoms with Gasteiger partial charge in [0.25, 0.3) is 0 Å². The Bertz CT molecular complexity index is 692.